The van der Waals surface area contributed by atoms with Crippen LogP contribution in [0.4, 0.5) is 0 Å². The summed E-state index contributed by atoms with van der Waals surface area (Å²) in [5, 5.41) is 0. The number of rotatable bonds is 9. The Hall–Kier alpha value is -2.12. The van der Waals surface area contributed by atoms with Gasteiger partial charge in [-0.2, -0.15) is 4.31 Å². The predicted molar refractivity (Wildman–Crippen MR) is 101 cm³/mol. The number of nitrogens with zero attached hydrogens (tertiary/aromatic N) is 2. The Bertz CT molecular complexity index is 815. The summed E-state index contributed by atoms with van der Waals surface area (Å²) in [5.74, 6) is 1.20. The number of hydrogen-bond acceptors (Lipinski definition) is 4. The summed E-state index contributed by atoms with van der Waals surface area (Å²) in [4.78, 5) is 14.5. The van der Waals surface area contributed by atoms with E-state index in [1.807, 2.05) is 56.3 Å². The summed E-state index contributed by atoms with van der Waals surface area (Å²) in [7, 11) is -3.43. The lowest BCUT2D eigenvalue weighted by Crippen LogP contribution is -2.42. The molecule has 6 nitrogen and oxygen atoms in total. The van der Waals surface area contributed by atoms with E-state index in [0.717, 1.165) is 17.6 Å². The molecule has 26 heavy (non-hydrogen) atoms. The Morgan fingerprint density at radius 3 is 2.31 bits per heavy atom. The third-order valence-electron chi connectivity index (χ3n) is 3.97. The molecule has 2 aromatic rings. The molecule has 142 valence electrons. The molecule has 1 amide bonds. The summed E-state index contributed by atoms with van der Waals surface area (Å²) in [6.45, 7) is 4.58. The number of benzene rings is 1. The third kappa shape index (κ3) is 6.00. The van der Waals surface area contributed by atoms with Crippen LogP contribution >= 0.6 is 0 Å². The van der Waals surface area contributed by atoms with E-state index in [4.69, 9.17) is 4.42 Å². The number of hydrogen-bond donors (Lipinski definition) is 0. The smallest absolute Gasteiger partial charge is 0.238 e. The number of furan rings is 1. The van der Waals surface area contributed by atoms with Gasteiger partial charge in [0.1, 0.15) is 11.5 Å². The first-order chi connectivity index (χ1) is 12.3. The molecule has 0 bridgehead atoms. The second kappa shape index (κ2) is 9.00. The molecule has 0 atom stereocenters. The van der Waals surface area contributed by atoms with E-state index in [9.17, 15) is 13.2 Å². The minimum Gasteiger partial charge on any atom is -0.464 e. The van der Waals surface area contributed by atoms with Crippen molar-refractivity contribution in [2.75, 3.05) is 19.3 Å². The minimum absolute atomic E-state index is 0.167. The van der Waals surface area contributed by atoms with Gasteiger partial charge in [-0.1, -0.05) is 37.3 Å². The standard InChI is InChI=1S/C19H26N2O4S/c1-4-12-21(26(3,23)24)15-19(22)20(13-17-8-6-5-7-9-17)14-18-11-10-16(2)25-18/h5-11H,4,12-15H2,1-3H3. The van der Waals surface area contributed by atoms with Gasteiger partial charge in [-0.15, -0.1) is 0 Å². The maximum absolute atomic E-state index is 12.9. The average Bonchev–Trinajstić information content (AvgIpc) is 2.99. The van der Waals surface area contributed by atoms with Gasteiger partial charge in [-0.05, 0) is 31.0 Å². The first-order valence-corrected chi connectivity index (χ1v) is 10.5. The molecular weight excluding hydrogens is 352 g/mol. The first-order valence-electron chi connectivity index (χ1n) is 8.61. The molecule has 2 rings (SSSR count). The zero-order valence-electron chi connectivity index (χ0n) is 15.5. The van der Waals surface area contributed by atoms with E-state index in [1.165, 1.54) is 4.31 Å². The Labute approximate surface area is 155 Å². The van der Waals surface area contributed by atoms with Crippen LogP contribution in [0.1, 0.15) is 30.4 Å². The van der Waals surface area contributed by atoms with Gasteiger partial charge in [0.25, 0.3) is 0 Å². The van der Waals surface area contributed by atoms with E-state index >= 15 is 0 Å². The number of aryl methyl sites for hydroxylation is 1. The Kier molecular flexibility index (Phi) is 6.99. The van der Waals surface area contributed by atoms with Gasteiger partial charge in [0.05, 0.1) is 19.3 Å². The van der Waals surface area contributed by atoms with Crippen molar-refractivity contribution in [3.05, 3.63) is 59.5 Å². The second-order valence-corrected chi connectivity index (χ2v) is 8.33. The lowest BCUT2D eigenvalue weighted by Gasteiger charge is -2.26. The van der Waals surface area contributed by atoms with Crippen LogP contribution in [-0.4, -0.2) is 42.9 Å². The van der Waals surface area contributed by atoms with Gasteiger partial charge in [0.2, 0.25) is 15.9 Å². The Morgan fingerprint density at radius 1 is 1.08 bits per heavy atom. The van der Waals surface area contributed by atoms with Gasteiger partial charge in [-0.3, -0.25) is 4.79 Å². The second-order valence-electron chi connectivity index (χ2n) is 6.34. The summed E-state index contributed by atoms with van der Waals surface area (Å²) < 4.78 is 30.7. The fourth-order valence-electron chi connectivity index (χ4n) is 2.66. The molecule has 0 spiro atoms. The average molecular weight is 378 g/mol. The summed E-state index contributed by atoms with van der Waals surface area (Å²) in [5.41, 5.74) is 0.977. The molecule has 0 saturated carbocycles. The van der Waals surface area contributed by atoms with E-state index in [2.05, 4.69) is 0 Å². The van der Waals surface area contributed by atoms with Crippen LogP contribution in [0.25, 0.3) is 0 Å². The third-order valence-corrected chi connectivity index (χ3v) is 5.22. The molecule has 0 saturated heterocycles. The maximum Gasteiger partial charge on any atom is 0.238 e. The Morgan fingerprint density at radius 2 is 1.77 bits per heavy atom. The molecule has 1 aromatic carbocycles. The molecule has 1 heterocycles. The number of carbonyl (C=O) groups excluding carboxylic acids is 1. The monoisotopic (exact) mass is 378 g/mol. The van der Waals surface area contributed by atoms with Crippen LogP contribution in [0.3, 0.4) is 0 Å². The van der Waals surface area contributed by atoms with E-state index < -0.39 is 10.0 Å². The quantitative estimate of drug-likeness (QED) is 0.673. The topological polar surface area (TPSA) is 70.8 Å². The van der Waals surface area contributed by atoms with Crippen LogP contribution in [0.5, 0.6) is 0 Å². The van der Waals surface area contributed by atoms with Crippen molar-refractivity contribution in [2.45, 2.75) is 33.4 Å². The number of carbonyl (C=O) groups is 1. The van der Waals surface area contributed by atoms with Crippen molar-refractivity contribution in [3.63, 3.8) is 0 Å². The molecule has 0 unspecified atom stereocenters. The van der Waals surface area contributed by atoms with E-state index in [0.29, 0.717) is 31.8 Å². The fraction of sp³-hybridized carbons (Fsp3) is 0.421. The molecule has 7 heteroatoms. The molecular formula is C19H26N2O4S. The van der Waals surface area contributed by atoms with Crippen LogP contribution in [-0.2, 0) is 27.9 Å². The van der Waals surface area contributed by atoms with Gasteiger partial charge in [-0.25, -0.2) is 8.42 Å². The molecule has 1 aromatic heterocycles. The molecule has 0 fully saturated rings. The van der Waals surface area contributed by atoms with Crippen LogP contribution in [0.15, 0.2) is 46.9 Å². The number of amides is 1. The normalized spacial score (nSPS) is 11.7. The van der Waals surface area contributed by atoms with Gasteiger partial charge < -0.3 is 9.32 Å². The molecule has 0 aliphatic carbocycles. The van der Waals surface area contributed by atoms with E-state index in [-0.39, 0.29) is 12.5 Å². The lowest BCUT2D eigenvalue weighted by atomic mass is 10.2. The highest BCUT2D eigenvalue weighted by Gasteiger charge is 2.23. The zero-order chi connectivity index (χ0) is 19.2. The molecule has 0 N–H and O–H groups in total. The van der Waals surface area contributed by atoms with Gasteiger partial charge in [0, 0.05) is 13.1 Å². The highest BCUT2D eigenvalue weighted by molar-refractivity contribution is 7.88. The Balaban J connectivity index is 2.19. The lowest BCUT2D eigenvalue weighted by molar-refractivity contribution is -0.133. The molecule has 0 aliphatic heterocycles. The summed E-state index contributed by atoms with van der Waals surface area (Å²) in [6.07, 6.45) is 1.78. The summed E-state index contributed by atoms with van der Waals surface area (Å²) in [6, 6.07) is 13.3. The van der Waals surface area contributed by atoms with Crippen molar-refractivity contribution in [1.29, 1.82) is 0 Å². The minimum atomic E-state index is -3.43. The first kappa shape index (κ1) is 20.2. The van der Waals surface area contributed by atoms with Gasteiger partial charge >= 0.3 is 0 Å². The van der Waals surface area contributed by atoms with Crippen molar-refractivity contribution < 1.29 is 17.6 Å². The van der Waals surface area contributed by atoms with Crippen molar-refractivity contribution in [2.24, 2.45) is 0 Å². The van der Waals surface area contributed by atoms with Crippen molar-refractivity contribution in [3.8, 4) is 0 Å². The molecule has 0 aliphatic rings. The van der Waals surface area contributed by atoms with Crippen LogP contribution < -0.4 is 0 Å². The zero-order valence-corrected chi connectivity index (χ0v) is 16.3. The van der Waals surface area contributed by atoms with Crippen LogP contribution in [0.2, 0.25) is 0 Å². The SMILES string of the molecule is CCCN(CC(=O)N(Cc1ccccc1)Cc1ccc(C)o1)S(C)(=O)=O. The largest absolute Gasteiger partial charge is 0.464 e. The number of sulfonamides is 1. The highest BCUT2D eigenvalue weighted by Crippen LogP contribution is 2.14. The maximum atomic E-state index is 12.9. The summed E-state index contributed by atoms with van der Waals surface area (Å²) >= 11 is 0. The van der Waals surface area contributed by atoms with Crippen molar-refractivity contribution >= 4 is 15.9 Å². The van der Waals surface area contributed by atoms with Gasteiger partial charge in [0.15, 0.2) is 0 Å². The molecule has 0 radical (unpaired) electrons. The predicted octanol–water partition coefficient (Wildman–Crippen LogP) is 2.79. The fourth-order valence-corrected chi connectivity index (χ4v) is 3.52. The van der Waals surface area contributed by atoms with E-state index in [1.54, 1.807) is 4.90 Å². The van der Waals surface area contributed by atoms with Crippen molar-refractivity contribution in [1.82, 2.24) is 9.21 Å². The van der Waals surface area contributed by atoms with Crippen LogP contribution in [0, 0.1) is 6.92 Å². The highest BCUT2D eigenvalue weighted by atomic mass is 32.2.